The number of hydrogen-bond donors (Lipinski definition) is 1. The predicted octanol–water partition coefficient (Wildman–Crippen LogP) is 3.43. The lowest BCUT2D eigenvalue weighted by atomic mass is 9.97. The maximum absolute atomic E-state index is 12.7. The summed E-state index contributed by atoms with van der Waals surface area (Å²) >= 11 is 0. The van der Waals surface area contributed by atoms with Gasteiger partial charge in [-0.2, -0.15) is 0 Å². The van der Waals surface area contributed by atoms with Crippen molar-refractivity contribution >= 4 is 5.91 Å². The maximum atomic E-state index is 12.7. The summed E-state index contributed by atoms with van der Waals surface area (Å²) in [6.07, 6.45) is 2.30. The molecule has 0 aromatic heterocycles. The van der Waals surface area contributed by atoms with Crippen LogP contribution in [0, 0.1) is 5.92 Å². The Morgan fingerprint density at radius 1 is 1.09 bits per heavy atom. The Morgan fingerprint density at radius 2 is 1.78 bits per heavy atom. The van der Waals surface area contributed by atoms with E-state index in [9.17, 15) is 4.79 Å². The molecular weight excluding hydrogens is 284 g/mol. The summed E-state index contributed by atoms with van der Waals surface area (Å²) in [7, 11) is 1.98. The summed E-state index contributed by atoms with van der Waals surface area (Å²) in [5, 5.41) is 3.22. The van der Waals surface area contributed by atoms with Crippen molar-refractivity contribution in [3.05, 3.63) is 60.2 Å². The van der Waals surface area contributed by atoms with Crippen molar-refractivity contribution in [3.8, 4) is 11.1 Å². The first-order valence-electron chi connectivity index (χ1n) is 8.37. The molecule has 23 heavy (non-hydrogen) atoms. The first kappa shape index (κ1) is 15.8. The molecule has 0 aliphatic carbocycles. The van der Waals surface area contributed by atoms with E-state index in [4.69, 9.17) is 0 Å². The zero-order valence-corrected chi connectivity index (χ0v) is 13.7. The third kappa shape index (κ3) is 3.80. The first-order valence-corrected chi connectivity index (χ1v) is 8.37. The molecule has 1 aliphatic rings. The zero-order chi connectivity index (χ0) is 16.1. The molecule has 3 nitrogen and oxygen atoms in total. The Morgan fingerprint density at radius 3 is 2.48 bits per heavy atom. The summed E-state index contributed by atoms with van der Waals surface area (Å²) in [5.41, 5.74) is 3.11. The molecule has 1 amide bonds. The minimum atomic E-state index is 0.158. The fraction of sp³-hybridized carbons (Fsp3) is 0.350. The number of benzene rings is 2. The van der Waals surface area contributed by atoms with Gasteiger partial charge in [0.15, 0.2) is 0 Å². The van der Waals surface area contributed by atoms with Crippen LogP contribution in [0.5, 0.6) is 0 Å². The quantitative estimate of drug-likeness (QED) is 0.938. The molecule has 3 rings (SSSR count). The van der Waals surface area contributed by atoms with E-state index in [2.05, 4.69) is 17.4 Å². The van der Waals surface area contributed by atoms with Gasteiger partial charge in [-0.25, -0.2) is 0 Å². The number of carbonyl (C=O) groups excluding carboxylic acids is 1. The zero-order valence-electron chi connectivity index (χ0n) is 13.7. The number of nitrogens with one attached hydrogen (secondary N) is 1. The fourth-order valence-electron chi connectivity index (χ4n) is 3.32. The average molecular weight is 308 g/mol. The van der Waals surface area contributed by atoms with Crippen LogP contribution in [0.2, 0.25) is 0 Å². The summed E-state index contributed by atoms with van der Waals surface area (Å²) in [5.74, 6) is 0.728. The standard InChI is InChI=1S/C20H24N2O/c1-21-14-16-6-5-13-22(15-16)20(23)19-11-9-18(10-12-19)17-7-3-2-4-8-17/h2-4,7-12,16,21H,5-6,13-15H2,1H3. The third-order valence-corrected chi connectivity index (χ3v) is 4.54. The SMILES string of the molecule is CNCC1CCCN(C(=O)c2ccc(-c3ccccc3)cc2)C1. The normalized spacial score (nSPS) is 18.0. The van der Waals surface area contributed by atoms with Crippen LogP contribution in [-0.4, -0.2) is 37.5 Å². The van der Waals surface area contributed by atoms with Gasteiger partial charge in [0.05, 0.1) is 0 Å². The van der Waals surface area contributed by atoms with Gasteiger partial charge in [-0.1, -0.05) is 42.5 Å². The molecule has 1 saturated heterocycles. The van der Waals surface area contributed by atoms with Crippen molar-refractivity contribution < 1.29 is 4.79 Å². The van der Waals surface area contributed by atoms with Crippen molar-refractivity contribution in [2.75, 3.05) is 26.7 Å². The Balaban J connectivity index is 1.70. The number of carbonyl (C=O) groups is 1. The average Bonchev–Trinajstić information content (AvgIpc) is 2.62. The van der Waals surface area contributed by atoms with Crippen molar-refractivity contribution in [1.29, 1.82) is 0 Å². The van der Waals surface area contributed by atoms with Gasteiger partial charge in [0.2, 0.25) is 0 Å². The summed E-state index contributed by atoms with van der Waals surface area (Å²) in [6, 6.07) is 18.2. The van der Waals surface area contributed by atoms with Gasteiger partial charge in [0.25, 0.3) is 5.91 Å². The molecule has 0 bridgehead atoms. The van der Waals surface area contributed by atoms with E-state index in [1.807, 2.05) is 54.4 Å². The highest BCUT2D eigenvalue weighted by atomic mass is 16.2. The molecule has 3 heteroatoms. The van der Waals surface area contributed by atoms with E-state index in [0.29, 0.717) is 5.92 Å². The topological polar surface area (TPSA) is 32.3 Å². The molecule has 120 valence electrons. The molecule has 1 fully saturated rings. The van der Waals surface area contributed by atoms with E-state index >= 15 is 0 Å². The number of amides is 1. The van der Waals surface area contributed by atoms with Gasteiger partial charge in [-0.3, -0.25) is 4.79 Å². The van der Waals surface area contributed by atoms with Gasteiger partial charge in [-0.05, 0) is 55.6 Å². The molecule has 1 atom stereocenters. The van der Waals surface area contributed by atoms with Gasteiger partial charge < -0.3 is 10.2 Å². The van der Waals surface area contributed by atoms with Crippen LogP contribution in [-0.2, 0) is 0 Å². The number of rotatable bonds is 4. The smallest absolute Gasteiger partial charge is 0.253 e. The Bertz CT molecular complexity index is 634. The highest BCUT2D eigenvalue weighted by Gasteiger charge is 2.23. The van der Waals surface area contributed by atoms with Gasteiger partial charge in [-0.15, -0.1) is 0 Å². The molecule has 0 saturated carbocycles. The van der Waals surface area contributed by atoms with Crippen LogP contribution in [0.15, 0.2) is 54.6 Å². The second-order valence-electron chi connectivity index (χ2n) is 6.26. The van der Waals surface area contributed by atoms with Gasteiger partial charge in [0.1, 0.15) is 0 Å². The Kier molecular flexibility index (Phi) is 5.09. The van der Waals surface area contributed by atoms with E-state index in [1.54, 1.807) is 0 Å². The number of piperidine rings is 1. The number of likely N-dealkylation sites (tertiary alicyclic amines) is 1. The van der Waals surface area contributed by atoms with E-state index in [1.165, 1.54) is 12.0 Å². The minimum absolute atomic E-state index is 0.158. The van der Waals surface area contributed by atoms with E-state index in [0.717, 1.165) is 37.2 Å². The molecule has 2 aromatic carbocycles. The lowest BCUT2D eigenvalue weighted by molar-refractivity contribution is 0.0674. The molecule has 1 unspecified atom stereocenters. The Hall–Kier alpha value is -2.13. The van der Waals surface area contributed by atoms with Crippen LogP contribution in [0.1, 0.15) is 23.2 Å². The van der Waals surface area contributed by atoms with Crippen LogP contribution in [0.25, 0.3) is 11.1 Å². The largest absolute Gasteiger partial charge is 0.338 e. The monoisotopic (exact) mass is 308 g/mol. The highest BCUT2D eigenvalue weighted by molar-refractivity contribution is 5.94. The molecular formula is C20H24N2O. The van der Waals surface area contributed by atoms with Crippen LogP contribution >= 0.6 is 0 Å². The predicted molar refractivity (Wildman–Crippen MR) is 94.4 cm³/mol. The highest BCUT2D eigenvalue weighted by Crippen LogP contribution is 2.22. The summed E-state index contributed by atoms with van der Waals surface area (Å²) in [6.45, 7) is 2.72. The first-order chi connectivity index (χ1) is 11.3. The molecule has 1 aliphatic heterocycles. The third-order valence-electron chi connectivity index (χ3n) is 4.54. The van der Waals surface area contributed by atoms with Gasteiger partial charge in [0, 0.05) is 18.7 Å². The fourth-order valence-corrected chi connectivity index (χ4v) is 3.32. The van der Waals surface area contributed by atoms with Crippen LogP contribution in [0.3, 0.4) is 0 Å². The minimum Gasteiger partial charge on any atom is -0.338 e. The van der Waals surface area contributed by atoms with Crippen LogP contribution < -0.4 is 5.32 Å². The van der Waals surface area contributed by atoms with Crippen molar-refractivity contribution in [2.24, 2.45) is 5.92 Å². The lowest BCUT2D eigenvalue weighted by Gasteiger charge is -2.32. The van der Waals surface area contributed by atoms with Gasteiger partial charge >= 0.3 is 0 Å². The molecule has 1 N–H and O–H groups in total. The van der Waals surface area contributed by atoms with Crippen molar-refractivity contribution in [3.63, 3.8) is 0 Å². The second-order valence-corrected chi connectivity index (χ2v) is 6.26. The summed E-state index contributed by atoms with van der Waals surface area (Å²) < 4.78 is 0. The molecule has 1 heterocycles. The lowest BCUT2D eigenvalue weighted by Crippen LogP contribution is -2.42. The molecule has 2 aromatic rings. The number of hydrogen-bond acceptors (Lipinski definition) is 2. The maximum Gasteiger partial charge on any atom is 0.253 e. The van der Waals surface area contributed by atoms with E-state index in [-0.39, 0.29) is 5.91 Å². The second kappa shape index (κ2) is 7.42. The van der Waals surface area contributed by atoms with Crippen LogP contribution in [0.4, 0.5) is 0 Å². The number of nitrogens with zero attached hydrogens (tertiary/aromatic N) is 1. The molecule has 0 radical (unpaired) electrons. The molecule has 0 spiro atoms. The Labute approximate surface area is 138 Å². The van der Waals surface area contributed by atoms with Crippen molar-refractivity contribution in [2.45, 2.75) is 12.8 Å². The van der Waals surface area contributed by atoms with Crippen molar-refractivity contribution in [1.82, 2.24) is 10.2 Å². The van der Waals surface area contributed by atoms with E-state index < -0.39 is 0 Å². The summed E-state index contributed by atoms with van der Waals surface area (Å²) in [4.78, 5) is 14.7.